The van der Waals surface area contributed by atoms with Crippen LogP contribution in [-0.4, -0.2) is 47.7 Å². The monoisotopic (exact) mass is 291 g/mol. The lowest BCUT2D eigenvalue weighted by Gasteiger charge is -2.22. The van der Waals surface area contributed by atoms with Crippen molar-refractivity contribution in [2.45, 2.75) is 25.8 Å². The summed E-state index contributed by atoms with van der Waals surface area (Å²) in [4.78, 5) is 26.9. The van der Waals surface area contributed by atoms with Crippen molar-refractivity contribution in [2.24, 2.45) is 5.73 Å². The Morgan fingerprint density at radius 2 is 1.90 bits per heavy atom. The smallest absolute Gasteiger partial charge is 0.324 e. The van der Waals surface area contributed by atoms with Gasteiger partial charge in [0.15, 0.2) is 0 Å². The van der Waals surface area contributed by atoms with Crippen molar-refractivity contribution in [1.82, 2.24) is 4.90 Å². The van der Waals surface area contributed by atoms with Crippen LogP contribution in [0.1, 0.15) is 25.3 Å². The molecule has 0 spiro atoms. The number of nitrogens with zero attached hydrogens (tertiary/aromatic N) is 2. The molecule has 1 atom stereocenters. The molecule has 1 saturated heterocycles. The van der Waals surface area contributed by atoms with Crippen molar-refractivity contribution in [1.29, 1.82) is 0 Å². The van der Waals surface area contributed by atoms with Crippen molar-refractivity contribution >= 4 is 17.7 Å². The van der Waals surface area contributed by atoms with Gasteiger partial charge in [0.1, 0.15) is 0 Å². The van der Waals surface area contributed by atoms with Crippen LogP contribution in [0.3, 0.4) is 0 Å². The first-order chi connectivity index (χ1) is 9.95. The van der Waals surface area contributed by atoms with Crippen LogP contribution in [0.5, 0.6) is 0 Å². The maximum Gasteiger partial charge on any atom is 0.324 e. The Balaban J connectivity index is 2.17. The van der Waals surface area contributed by atoms with E-state index in [1.54, 1.807) is 29.2 Å². The number of aliphatic carboxylic acids is 1. The number of nitrogens with two attached hydrogens (primary N) is 1. The third-order valence-corrected chi connectivity index (χ3v) is 3.81. The maximum absolute atomic E-state index is 12.3. The summed E-state index contributed by atoms with van der Waals surface area (Å²) < 4.78 is 0. The predicted molar refractivity (Wildman–Crippen MR) is 80.5 cm³/mol. The third kappa shape index (κ3) is 3.00. The molecule has 0 aliphatic carbocycles. The average molecular weight is 291 g/mol. The van der Waals surface area contributed by atoms with Crippen molar-refractivity contribution in [3.8, 4) is 0 Å². The van der Waals surface area contributed by atoms with E-state index in [-0.39, 0.29) is 18.6 Å². The zero-order chi connectivity index (χ0) is 15.6. The van der Waals surface area contributed by atoms with Gasteiger partial charge in [-0.15, -0.1) is 0 Å². The van der Waals surface area contributed by atoms with Gasteiger partial charge in [-0.1, -0.05) is 12.1 Å². The Morgan fingerprint density at radius 1 is 1.29 bits per heavy atom. The molecule has 6 nitrogen and oxygen atoms in total. The Morgan fingerprint density at radius 3 is 2.33 bits per heavy atom. The standard InChI is InChI=1S/C15H21N3O3/c1-10(2)17-7-8-18(15(17)21)12-5-3-11(4-6-12)13(9-16)14(19)20/h3-6,10,13H,7-9,16H2,1-2H3,(H,19,20). The van der Waals surface area contributed by atoms with Crippen LogP contribution in [0, 0.1) is 0 Å². The highest BCUT2D eigenvalue weighted by Crippen LogP contribution is 2.24. The Kier molecular flexibility index (Phi) is 4.47. The number of carbonyl (C=O) groups excluding carboxylic acids is 1. The molecule has 2 rings (SSSR count). The molecule has 1 aliphatic rings. The zero-order valence-corrected chi connectivity index (χ0v) is 12.3. The van der Waals surface area contributed by atoms with Gasteiger partial charge >= 0.3 is 12.0 Å². The molecule has 3 N–H and O–H groups in total. The average Bonchev–Trinajstić information content (AvgIpc) is 2.82. The molecule has 1 aliphatic heterocycles. The molecule has 1 fully saturated rings. The first-order valence-electron chi connectivity index (χ1n) is 7.06. The van der Waals surface area contributed by atoms with E-state index in [4.69, 9.17) is 10.8 Å². The number of benzene rings is 1. The molecular weight excluding hydrogens is 270 g/mol. The molecule has 0 bridgehead atoms. The molecule has 0 aromatic heterocycles. The fourth-order valence-electron chi connectivity index (χ4n) is 2.54. The number of anilines is 1. The highest BCUT2D eigenvalue weighted by molar-refractivity contribution is 5.94. The van der Waals surface area contributed by atoms with Gasteiger partial charge in [-0.2, -0.15) is 0 Å². The second-order valence-corrected chi connectivity index (χ2v) is 5.44. The van der Waals surface area contributed by atoms with E-state index >= 15 is 0 Å². The highest BCUT2D eigenvalue weighted by atomic mass is 16.4. The number of carboxylic acids is 1. The summed E-state index contributed by atoms with van der Waals surface area (Å²) in [5.41, 5.74) is 6.93. The van der Waals surface area contributed by atoms with Crippen LogP contribution in [0.25, 0.3) is 0 Å². The van der Waals surface area contributed by atoms with E-state index in [0.29, 0.717) is 18.7 Å². The lowest BCUT2D eigenvalue weighted by atomic mass is 9.99. The maximum atomic E-state index is 12.3. The van der Waals surface area contributed by atoms with E-state index in [1.807, 2.05) is 18.7 Å². The van der Waals surface area contributed by atoms with Crippen LogP contribution in [-0.2, 0) is 4.79 Å². The number of hydrogen-bond acceptors (Lipinski definition) is 3. The van der Waals surface area contributed by atoms with E-state index in [2.05, 4.69) is 0 Å². The zero-order valence-electron chi connectivity index (χ0n) is 12.3. The number of urea groups is 1. The molecule has 1 unspecified atom stereocenters. The first kappa shape index (κ1) is 15.3. The molecule has 1 heterocycles. The third-order valence-electron chi connectivity index (χ3n) is 3.81. The van der Waals surface area contributed by atoms with Crippen LogP contribution in [0.2, 0.25) is 0 Å². The summed E-state index contributed by atoms with van der Waals surface area (Å²) in [5.74, 6) is -1.64. The minimum atomic E-state index is -0.937. The lowest BCUT2D eigenvalue weighted by Crippen LogP contribution is -2.36. The highest BCUT2D eigenvalue weighted by Gasteiger charge is 2.31. The number of hydrogen-bond donors (Lipinski definition) is 2. The number of amides is 2. The molecular formula is C15H21N3O3. The van der Waals surface area contributed by atoms with Gasteiger partial charge in [0, 0.05) is 31.4 Å². The van der Waals surface area contributed by atoms with Crippen molar-refractivity contribution in [3.05, 3.63) is 29.8 Å². The van der Waals surface area contributed by atoms with Crippen molar-refractivity contribution in [3.63, 3.8) is 0 Å². The van der Waals surface area contributed by atoms with Crippen LogP contribution < -0.4 is 10.6 Å². The Bertz CT molecular complexity index is 527. The van der Waals surface area contributed by atoms with Gasteiger partial charge < -0.3 is 15.7 Å². The van der Waals surface area contributed by atoms with Crippen LogP contribution in [0.15, 0.2) is 24.3 Å². The first-order valence-corrected chi connectivity index (χ1v) is 7.06. The van der Waals surface area contributed by atoms with Crippen LogP contribution >= 0.6 is 0 Å². The number of rotatable bonds is 5. The second-order valence-electron chi connectivity index (χ2n) is 5.44. The summed E-state index contributed by atoms with van der Waals surface area (Å²) >= 11 is 0. The summed E-state index contributed by atoms with van der Waals surface area (Å²) in [7, 11) is 0. The molecule has 0 radical (unpaired) electrons. The van der Waals surface area contributed by atoms with E-state index < -0.39 is 11.9 Å². The van der Waals surface area contributed by atoms with Crippen molar-refractivity contribution < 1.29 is 14.7 Å². The van der Waals surface area contributed by atoms with Gasteiger partial charge in [-0.25, -0.2) is 4.79 Å². The van der Waals surface area contributed by atoms with Crippen molar-refractivity contribution in [2.75, 3.05) is 24.5 Å². The molecule has 2 amide bonds. The molecule has 6 heteroatoms. The van der Waals surface area contributed by atoms with E-state index in [0.717, 1.165) is 5.69 Å². The van der Waals surface area contributed by atoms with Crippen LogP contribution in [0.4, 0.5) is 10.5 Å². The van der Waals surface area contributed by atoms with Gasteiger partial charge in [0.25, 0.3) is 0 Å². The van der Waals surface area contributed by atoms with E-state index in [9.17, 15) is 9.59 Å². The lowest BCUT2D eigenvalue weighted by molar-refractivity contribution is -0.138. The topological polar surface area (TPSA) is 86.9 Å². The number of carbonyl (C=O) groups is 2. The van der Waals surface area contributed by atoms with Gasteiger partial charge in [0.05, 0.1) is 5.92 Å². The second kappa shape index (κ2) is 6.13. The largest absolute Gasteiger partial charge is 0.481 e. The Labute approximate surface area is 124 Å². The van der Waals surface area contributed by atoms with E-state index in [1.165, 1.54) is 0 Å². The fourth-order valence-corrected chi connectivity index (χ4v) is 2.54. The summed E-state index contributed by atoms with van der Waals surface area (Å²) in [6.45, 7) is 5.39. The summed E-state index contributed by atoms with van der Waals surface area (Å²) in [5, 5.41) is 9.09. The quantitative estimate of drug-likeness (QED) is 0.860. The predicted octanol–water partition coefficient (Wildman–Crippen LogP) is 1.46. The molecule has 1 aromatic carbocycles. The summed E-state index contributed by atoms with van der Waals surface area (Å²) in [6.07, 6.45) is 0. The van der Waals surface area contributed by atoms with Gasteiger partial charge in [-0.3, -0.25) is 9.69 Å². The molecule has 114 valence electrons. The normalized spacial score (nSPS) is 16.7. The minimum absolute atomic E-state index is 0.00800. The number of carboxylic acid groups (broad SMARTS) is 1. The Hall–Kier alpha value is -2.08. The fraction of sp³-hybridized carbons (Fsp3) is 0.467. The molecule has 0 saturated carbocycles. The summed E-state index contributed by atoms with van der Waals surface area (Å²) in [6, 6.07) is 7.19. The minimum Gasteiger partial charge on any atom is -0.481 e. The molecule has 1 aromatic rings. The van der Waals surface area contributed by atoms with Gasteiger partial charge in [-0.05, 0) is 31.5 Å². The van der Waals surface area contributed by atoms with Gasteiger partial charge in [0.2, 0.25) is 0 Å². The molecule has 21 heavy (non-hydrogen) atoms. The SMILES string of the molecule is CC(C)N1CCN(c2ccc(C(CN)C(=O)O)cc2)C1=O.